The highest BCUT2D eigenvalue weighted by Crippen LogP contribution is 2.22. The van der Waals surface area contributed by atoms with Crippen LogP contribution in [-0.4, -0.2) is 120 Å². The van der Waals surface area contributed by atoms with E-state index in [9.17, 15) is 35.4 Å². The van der Waals surface area contributed by atoms with E-state index in [4.69, 9.17) is 24.8 Å². The summed E-state index contributed by atoms with van der Waals surface area (Å²) < 4.78 is 9.89. The molecule has 142 valence electrons. The van der Waals surface area contributed by atoms with Gasteiger partial charge in [-0.05, 0) is 0 Å². The summed E-state index contributed by atoms with van der Waals surface area (Å²) in [6.07, 6.45) is -16.4. The highest BCUT2D eigenvalue weighted by Gasteiger charge is 2.44. The first kappa shape index (κ1) is 21.1. The van der Waals surface area contributed by atoms with Gasteiger partial charge in [0.05, 0.1) is 13.2 Å². The molecule has 0 aromatic carbocycles. The predicted molar refractivity (Wildman–Crippen MR) is 71.4 cm³/mol. The molecule has 0 amide bonds. The lowest BCUT2D eigenvalue weighted by molar-refractivity contribution is -0.306. The fourth-order valence-corrected chi connectivity index (χ4v) is 2.06. The molecule has 0 unspecified atom stereocenters. The molecule has 0 bridgehead atoms. The molecular weight excluding hydrogens is 336 g/mol. The Balaban J connectivity index is 2.59. The lowest BCUT2D eigenvalue weighted by atomic mass is 9.99. The predicted octanol–water partition coefficient (Wildman–Crippen LogP) is -5.67. The Morgan fingerprint density at radius 3 is 2.08 bits per heavy atom. The lowest BCUT2D eigenvalue weighted by Crippen LogP contribution is -2.59. The minimum absolute atomic E-state index is 0.695. The average Bonchev–Trinajstić information content (AvgIpc) is 2.56. The average molecular weight is 358 g/mol. The van der Waals surface area contributed by atoms with Gasteiger partial charge in [0.1, 0.15) is 42.7 Å². The van der Waals surface area contributed by atoms with E-state index in [1.165, 1.54) is 0 Å². The van der Waals surface area contributed by atoms with Crippen LogP contribution in [0, 0.1) is 0 Å². The Hall–Kier alpha value is -0.930. The normalized spacial score (nSPS) is 35.9. The van der Waals surface area contributed by atoms with Crippen LogP contribution in [0.1, 0.15) is 0 Å². The summed E-state index contributed by atoms with van der Waals surface area (Å²) in [5.74, 6) is -1.82. The number of hydrogen-bond donors (Lipinski definition) is 9. The molecule has 1 aliphatic heterocycles. The second-order valence-corrected chi connectivity index (χ2v) is 5.36. The SMILES string of the molecule is O=C(O)[C@H](O)[C@@H](O)[C@H](O)[C@H](O)CO[C@@H]1O[C@H](CO)[C@H](O)[C@H](O)[C@H]1O. The zero-order valence-electron chi connectivity index (χ0n) is 12.4. The molecule has 24 heavy (non-hydrogen) atoms. The molecule has 9 N–H and O–H groups in total. The van der Waals surface area contributed by atoms with Gasteiger partial charge in [-0.3, -0.25) is 0 Å². The van der Waals surface area contributed by atoms with E-state index >= 15 is 0 Å². The van der Waals surface area contributed by atoms with Crippen LogP contribution in [0.2, 0.25) is 0 Å². The van der Waals surface area contributed by atoms with Crippen LogP contribution in [0.15, 0.2) is 0 Å². The summed E-state index contributed by atoms with van der Waals surface area (Å²) in [4.78, 5) is 10.5. The zero-order chi connectivity index (χ0) is 18.6. The molecule has 9 atom stereocenters. The number of hydrogen-bond acceptors (Lipinski definition) is 11. The Kier molecular flexibility index (Phi) is 7.88. The van der Waals surface area contributed by atoms with E-state index in [2.05, 4.69) is 0 Å². The second-order valence-electron chi connectivity index (χ2n) is 5.36. The molecule has 1 rings (SSSR count). The fraction of sp³-hybridized carbons (Fsp3) is 0.917. The van der Waals surface area contributed by atoms with Crippen molar-refractivity contribution in [1.82, 2.24) is 0 Å². The van der Waals surface area contributed by atoms with Gasteiger partial charge in [-0.15, -0.1) is 0 Å². The van der Waals surface area contributed by atoms with Gasteiger partial charge in [-0.1, -0.05) is 0 Å². The maximum absolute atomic E-state index is 10.5. The molecule has 1 aliphatic rings. The molecule has 12 nitrogen and oxygen atoms in total. The van der Waals surface area contributed by atoms with Gasteiger partial charge in [-0.25, -0.2) is 4.79 Å². The largest absolute Gasteiger partial charge is 0.479 e. The summed E-state index contributed by atoms with van der Waals surface area (Å²) in [7, 11) is 0. The van der Waals surface area contributed by atoms with Crippen molar-refractivity contribution < 1.29 is 60.2 Å². The Labute approximate surface area is 135 Å². The molecule has 1 saturated heterocycles. The summed E-state index contributed by atoms with van der Waals surface area (Å²) in [5, 5.41) is 84.0. The van der Waals surface area contributed by atoms with Gasteiger partial charge < -0.3 is 55.4 Å². The van der Waals surface area contributed by atoms with Crippen LogP contribution < -0.4 is 0 Å². The van der Waals surface area contributed by atoms with Crippen molar-refractivity contribution >= 4 is 5.97 Å². The van der Waals surface area contributed by atoms with E-state index in [1.54, 1.807) is 0 Å². The standard InChI is InChI=1S/C12H22O12/c13-1-4-6(16)8(18)10(20)12(24-4)23-2-3(14)5(15)7(17)9(19)11(21)22/h3-10,12-20H,1-2H2,(H,21,22)/t3-,4-,5-,6+,7+,8+,9-,10-,12-/m1/s1. The number of aliphatic hydroxyl groups is 8. The third kappa shape index (κ3) is 4.80. The minimum Gasteiger partial charge on any atom is -0.479 e. The quantitative estimate of drug-likeness (QED) is 0.198. The number of rotatable bonds is 8. The van der Waals surface area contributed by atoms with Gasteiger partial charge in [-0.2, -0.15) is 0 Å². The number of ether oxygens (including phenoxy) is 2. The van der Waals surface area contributed by atoms with Crippen LogP contribution in [0.5, 0.6) is 0 Å². The summed E-state index contributed by atoms with van der Waals surface area (Å²) in [6.45, 7) is -1.48. The number of carbonyl (C=O) groups is 1. The van der Waals surface area contributed by atoms with Crippen molar-refractivity contribution in [1.29, 1.82) is 0 Å². The summed E-state index contributed by atoms with van der Waals surface area (Å²) >= 11 is 0. The Morgan fingerprint density at radius 1 is 1.00 bits per heavy atom. The van der Waals surface area contributed by atoms with Crippen molar-refractivity contribution in [3.8, 4) is 0 Å². The molecule has 1 fully saturated rings. The van der Waals surface area contributed by atoms with Gasteiger partial charge in [0, 0.05) is 0 Å². The lowest BCUT2D eigenvalue weighted by Gasteiger charge is -2.40. The minimum atomic E-state index is -2.35. The van der Waals surface area contributed by atoms with Crippen molar-refractivity contribution in [2.24, 2.45) is 0 Å². The first-order chi connectivity index (χ1) is 11.1. The van der Waals surface area contributed by atoms with Crippen LogP contribution in [0.3, 0.4) is 0 Å². The zero-order valence-corrected chi connectivity index (χ0v) is 12.4. The van der Waals surface area contributed by atoms with Crippen LogP contribution in [-0.2, 0) is 14.3 Å². The van der Waals surface area contributed by atoms with Crippen molar-refractivity contribution in [3.63, 3.8) is 0 Å². The van der Waals surface area contributed by atoms with E-state index < -0.39 is 74.3 Å². The first-order valence-electron chi connectivity index (χ1n) is 6.99. The summed E-state index contributed by atoms with van der Waals surface area (Å²) in [5.41, 5.74) is 0. The molecule has 0 radical (unpaired) electrons. The molecule has 0 aromatic rings. The molecule has 0 saturated carbocycles. The number of aliphatic hydroxyl groups excluding tert-OH is 8. The highest BCUT2D eigenvalue weighted by molar-refractivity contribution is 5.72. The van der Waals surface area contributed by atoms with E-state index in [0.717, 1.165) is 0 Å². The number of aliphatic carboxylic acids is 1. The van der Waals surface area contributed by atoms with Gasteiger partial charge >= 0.3 is 5.97 Å². The summed E-state index contributed by atoms with van der Waals surface area (Å²) in [6, 6.07) is 0. The third-order valence-corrected chi connectivity index (χ3v) is 3.60. The fourth-order valence-electron chi connectivity index (χ4n) is 2.06. The maximum Gasteiger partial charge on any atom is 0.335 e. The molecule has 1 heterocycles. The van der Waals surface area contributed by atoms with Crippen molar-refractivity contribution in [3.05, 3.63) is 0 Å². The van der Waals surface area contributed by atoms with Crippen LogP contribution >= 0.6 is 0 Å². The number of carboxylic acids is 1. The van der Waals surface area contributed by atoms with E-state index in [-0.39, 0.29) is 0 Å². The monoisotopic (exact) mass is 358 g/mol. The Bertz CT molecular complexity index is 403. The van der Waals surface area contributed by atoms with E-state index in [1.807, 2.05) is 0 Å². The molecule has 12 heteroatoms. The maximum atomic E-state index is 10.5. The third-order valence-electron chi connectivity index (χ3n) is 3.60. The van der Waals surface area contributed by atoms with Gasteiger partial charge in [0.15, 0.2) is 12.4 Å². The Morgan fingerprint density at radius 2 is 1.58 bits per heavy atom. The van der Waals surface area contributed by atoms with Gasteiger partial charge in [0.2, 0.25) is 0 Å². The first-order valence-corrected chi connectivity index (χ1v) is 6.99. The molecule has 0 spiro atoms. The van der Waals surface area contributed by atoms with Crippen molar-refractivity contribution in [2.75, 3.05) is 13.2 Å². The van der Waals surface area contributed by atoms with Gasteiger partial charge in [0.25, 0.3) is 0 Å². The molecule has 0 aromatic heterocycles. The van der Waals surface area contributed by atoms with Crippen LogP contribution in [0.4, 0.5) is 0 Å². The molecule has 0 aliphatic carbocycles. The highest BCUT2D eigenvalue weighted by atomic mass is 16.7. The smallest absolute Gasteiger partial charge is 0.335 e. The van der Waals surface area contributed by atoms with E-state index in [0.29, 0.717) is 0 Å². The number of carboxylic acid groups (broad SMARTS) is 1. The topological polar surface area (TPSA) is 218 Å². The van der Waals surface area contributed by atoms with Crippen molar-refractivity contribution in [2.45, 2.75) is 55.1 Å². The van der Waals surface area contributed by atoms with Crippen LogP contribution in [0.25, 0.3) is 0 Å². The molecular formula is C12H22O12. The second kappa shape index (κ2) is 8.96.